The van der Waals surface area contributed by atoms with Crippen LogP contribution in [0.5, 0.6) is 0 Å². The second kappa shape index (κ2) is 7.52. The summed E-state index contributed by atoms with van der Waals surface area (Å²) in [4.78, 5) is 12.6. The number of hydrogen-bond donors (Lipinski definition) is 1. The number of benzene rings is 3. The summed E-state index contributed by atoms with van der Waals surface area (Å²) in [6, 6.07) is 24.4. The zero-order chi connectivity index (χ0) is 17.8. The minimum Gasteiger partial charge on any atom is -0.267 e. The lowest BCUT2D eigenvalue weighted by molar-refractivity contribution is 0.0956. The first-order valence-electron chi connectivity index (χ1n) is 9.20. The van der Waals surface area contributed by atoms with Crippen LogP contribution in [-0.2, 0) is 0 Å². The van der Waals surface area contributed by atoms with Gasteiger partial charge in [0.05, 0.1) is 0 Å². The van der Waals surface area contributed by atoms with Crippen molar-refractivity contribution in [2.75, 3.05) is 0 Å². The maximum Gasteiger partial charge on any atom is 0.271 e. The number of nitrogens with one attached hydrogen (secondary N) is 1. The molecule has 1 N–H and O–H groups in total. The van der Waals surface area contributed by atoms with E-state index in [9.17, 15) is 4.79 Å². The minimum absolute atomic E-state index is 0.139. The van der Waals surface area contributed by atoms with Crippen LogP contribution in [0, 0.1) is 0 Å². The zero-order valence-corrected chi connectivity index (χ0v) is 14.7. The third-order valence-corrected chi connectivity index (χ3v) is 5.18. The van der Waals surface area contributed by atoms with Crippen LogP contribution in [0.3, 0.4) is 0 Å². The third-order valence-electron chi connectivity index (χ3n) is 5.18. The van der Waals surface area contributed by atoms with Crippen molar-refractivity contribution in [3.8, 4) is 0 Å². The molecule has 0 unspecified atom stereocenters. The molecule has 3 nitrogen and oxygen atoms in total. The molecule has 3 aromatic rings. The molecule has 3 aromatic carbocycles. The summed E-state index contributed by atoms with van der Waals surface area (Å²) in [6.07, 6.45) is 4.06. The first-order chi connectivity index (χ1) is 12.8. The topological polar surface area (TPSA) is 41.5 Å². The molecule has 1 aliphatic rings. The molecule has 1 saturated carbocycles. The molecule has 0 atom stereocenters. The largest absolute Gasteiger partial charge is 0.271 e. The van der Waals surface area contributed by atoms with Crippen LogP contribution >= 0.6 is 0 Å². The minimum atomic E-state index is -0.139. The number of fused-ring (bicyclic) bond motifs is 1. The van der Waals surface area contributed by atoms with Gasteiger partial charge in [-0.3, -0.25) is 4.79 Å². The highest BCUT2D eigenvalue weighted by Gasteiger charge is 2.19. The zero-order valence-electron chi connectivity index (χ0n) is 14.7. The fraction of sp³-hybridized carbons (Fsp3) is 0.217. The van der Waals surface area contributed by atoms with Gasteiger partial charge in [0.2, 0.25) is 0 Å². The van der Waals surface area contributed by atoms with Crippen LogP contribution in [0.25, 0.3) is 10.8 Å². The van der Waals surface area contributed by atoms with Gasteiger partial charge in [0.25, 0.3) is 5.91 Å². The fourth-order valence-electron chi connectivity index (χ4n) is 3.73. The van der Waals surface area contributed by atoms with Crippen LogP contribution in [-0.4, -0.2) is 11.6 Å². The lowest BCUT2D eigenvalue weighted by atomic mass is 9.83. The van der Waals surface area contributed by atoms with E-state index < -0.39 is 0 Å². The molecule has 3 heteroatoms. The van der Waals surface area contributed by atoms with E-state index in [-0.39, 0.29) is 5.91 Å². The monoisotopic (exact) mass is 342 g/mol. The predicted octanol–water partition coefficient (Wildman–Crippen LogP) is 5.28. The van der Waals surface area contributed by atoms with Gasteiger partial charge in [-0.25, -0.2) is 5.43 Å². The van der Waals surface area contributed by atoms with Crippen LogP contribution in [0.2, 0.25) is 0 Å². The Balaban J connectivity index is 1.41. The van der Waals surface area contributed by atoms with Gasteiger partial charge < -0.3 is 0 Å². The van der Waals surface area contributed by atoms with E-state index in [1.165, 1.54) is 5.56 Å². The summed E-state index contributed by atoms with van der Waals surface area (Å²) in [6.45, 7) is 0. The van der Waals surface area contributed by atoms with Crippen molar-refractivity contribution in [2.45, 2.75) is 31.6 Å². The molecule has 4 rings (SSSR count). The Morgan fingerprint density at radius 3 is 2.35 bits per heavy atom. The van der Waals surface area contributed by atoms with Crippen molar-refractivity contribution in [2.24, 2.45) is 5.10 Å². The van der Waals surface area contributed by atoms with Crippen molar-refractivity contribution < 1.29 is 4.79 Å². The molecule has 0 saturated heterocycles. The molecular weight excluding hydrogens is 320 g/mol. The second-order valence-corrected chi connectivity index (χ2v) is 6.83. The van der Waals surface area contributed by atoms with Crippen molar-refractivity contribution >= 4 is 22.4 Å². The van der Waals surface area contributed by atoms with Crippen molar-refractivity contribution in [3.05, 3.63) is 83.9 Å². The van der Waals surface area contributed by atoms with E-state index in [2.05, 4.69) is 40.9 Å². The second-order valence-electron chi connectivity index (χ2n) is 6.83. The Hall–Kier alpha value is -2.94. The molecule has 0 aromatic heterocycles. The normalized spacial score (nSPS) is 17.1. The van der Waals surface area contributed by atoms with Gasteiger partial charge in [-0.1, -0.05) is 66.7 Å². The van der Waals surface area contributed by atoms with Gasteiger partial charge in [0, 0.05) is 11.3 Å². The lowest BCUT2D eigenvalue weighted by Crippen LogP contribution is -2.22. The van der Waals surface area contributed by atoms with E-state index in [4.69, 9.17) is 0 Å². The molecule has 0 heterocycles. The number of carbonyl (C=O) groups excluding carboxylic acids is 1. The molecule has 1 amide bonds. The first kappa shape index (κ1) is 16.5. The summed E-state index contributed by atoms with van der Waals surface area (Å²) in [5, 5.41) is 6.44. The molecule has 0 radical (unpaired) electrons. The maximum absolute atomic E-state index is 12.6. The number of amides is 1. The van der Waals surface area contributed by atoms with Crippen LogP contribution in [0.15, 0.2) is 77.9 Å². The SMILES string of the molecule is O=C(NN=C1CCC(c2ccccc2)CC1)c1cccc2ccccc12. The number of hydrazone groups is 1. The molecule has 130 valence electrons. The van der Waals surface area contributed by atoms with Crippen LogP contribution in [0.1, 0.15) is 47.5 Å². The molecule has 0 aliphatic heterocycles. The summed E-state index contributed by atoms with van der Waals surface area (Å²) >= 11 is 0. The molecule has 26 heavy (non-hydrogen) atoms. The van der Waals surface area contributed by atoms with E-state index in [0.29, 0.717) is 11.5 Å². The first-order valence-corrected chi connectivity index (χ1v) is 9.20. The highest BCUT2D eigenvalue weighted by atomic mass is 16.2. The number of nitrogens with zero attached hydrogens (tertiary/aromatic N) is 1. The van der Waals surface area contributed by atoms with Crippen molar-refractivity contribution in [1.29, 1.82) is 0 Å². The van der Waals surface area contributed by atoms with Crippen LogP contribution < -0.4 is 5.43 Å². The molecular formula is C23H22N2O. The van der Waals surface area contributed by atoms with Crippen LogP contribution in [0.4, 0.5) is 0 Å². The van der Waals surface area contributed by atoms with Gasteiger partial charge in [0.1, 0.15) is 0 Å². The Labute approximate surface area is 153 Å². The Morgan fingerprint density at radius 2 is 1.54 bits per heavy atom. The fourth-order valence-corrected chi connectivity index (χ4v) is 3.73. The van der Waals surface area contributed by atoms with Crippen molar-refractivity contribution in [3.63, 3.8) is 0 Å². The summed E-state index contributed by atoms with van der Waals surface area (Å²) in [7, 11) is 0. The summed E-state index contributed by atoms with van der Waals surface area (Å²) in [5.41, 5.74) is 5.93. The third kappa shape index (κ3) is 3.52. The Morgan fingerprint density at radius 1 is 0.846 bits per heavy atom. The number of carbonyl (C=O) groups is 1. The van der Waals surface area contributed by atoms with E-state index in [0.717, 1.165) is 42.2 Å². The smallest absolute Gasteiger partial charge is 0.267 e. The number of hydrogen-bond acceptors (Lipinski definition) is 2. The van der Waals surface area contributed by atoms with Gasteiger partial charge in [-0.15, -0.1) is 0 Å². The average molecular weight is 342 g/mol. The van der Waals surface area contributed by atoms with Gasteiger partial charge in [-0.05, 0) is 54.0 Å². The Bertz CT molecular complexity index is 931. The van der Waals surface area contributed by atoms with Gasteiger partial charge >= 0.3 is 0 Å². The standard InChI is InChI=1S/C23H22N2O/c26-23(22-12-6-10-19-9-4-5-11-21(19)22)25-24-20-15-13-18(14-16-20)17-7-2-1-3-8-17/h1-12,18H,13-16H2,(H,25,26). The van der Waals surface area contributed by atoms with E-state index in [1.54, 1.807) is 0 Å². The van der Waals surface area contributed by atoms with Gasteiger partial charge in [-0.2, -0.15) is 5.10 Å². The van der Waals surface area contributed by atoms with Crippen molar-refractivity contribution in [1.82, 2.24) is 5.43 Å². The maximum atomic E-state index is 12.6. The Kier molecular flexibility index (Phi) is 4.78. The molecule has 1 fully saturated rings. The van der Waals surface area contributed by atoms with E-state index in [1.807, 2.05) is 42.5 Å². The summed E-state index contributed by atoms with van der Waals surface area (Å²) < 4.78 is 0. The number of rotatable bonds is 3. The average Bonchev–Trinajstić information content (AvgIpc) is 2.72. The molecule has 0 bridgehead atoms. The molecule has 1 aliphatic carbocycles. The highest BCUT2D eigenvalue weighted by Crippen LogP contribution is 2.31. The quantitative estimate of drug-likeness (QED) is 0.646. The predicted molar refractivity (Wildman–Crippen MR) is 107 cm³/mol. The summed E-state index contributed by atoms with van der Waals surface area (Å²) in [5.74, 6) is 0.461. The molecule has 0 spiro atoms. The lowest BCUT2D eigenvalue weighted by Gasteiger charge is -2.23. The van der Waals surface area contributed by atoms with Gasteiger partial charge in [0.15, 0.2) is 0 Å². The van der Waals surface area contributed by atoms with E-state index >= 15 is 0 Å². The highest BCUT2D eigenvalue weighted by molar-refractivity contribution is 6.07.